The quantitative estimate of drug-likeness (QED) is 0.197. The first-order chi connectivity index (χ1) is 16.5. The monoisotopic (exact) mass is 493 g/mol. The number of benzene rings is 2. The molecule has 0 saturated carbocycles. The molecule has 0 atom stereocenters. The van der Waals surface area contributed by atoms with Crippen LogP contribution in [0.1, 0.15) is 28.6 Å². The number of fused-ring (bicyclic) bond motifs is 1. The highest BCUT2D eigenvalue weighted by Gasteiger charge is 2.17. The second-order valence-corrected chi connectivity index (χ2v) is 9.67. The molecule has 0 radical (unpaired) electrons. The molecular weight excluding hydrogens is 470 g/mol. The summed E-state index contributed by atoms with van der Waals surface area (Å²) < 4.78 is 5.10. The number of anilines is 1. The number of nitrogens with one attached hydrogen (secondary N) is 2. The predicted molar refractivity (Wildman–Crippen MR) is 137 cm³/mol. The van der Waals surface area contributed by atoms with Gasteiger partial charge in [-0.3, -0.25) is 9.59 Å². The van der Waals surface area contributed by atoms with Gasteiger partial charge in [0, 0.05) is 16.1 Å². The molecule has 4 rings (SSSR count). The molecule has 0 unspecified atom stereocenters. The van der Waals surface area contributed by atoms with Gasteiger partial charge in [-0.15, -0.1) is 11.3 Å². The lowest BCUT2D eigenvalue weighted by atomic mass is 10.0. The molecular formula is C25H23N3O4S2. The van der Waals surface area contributed by atoms with Gasteiger partial charge < -0.3 is 15.0 Å². The fourth-order valence-corrected chi connectivity index (χ4v) is 5.18. The number of thioether (sulfide) groups is 1. The Bertz CT molecular complexity index is 1380. The lowest BCUT2D eigenvalue weighted by Gasteiger charge is -2.07. The number of nitrogens with zero attached hydrogens (tertiary/aromatic N) is 1. The van der Waals surface area contributed by atoms with Crippen LogP contribution < -0.4 is 10.9 Å². The number of rotatable bonds is 8. The Morgan fingerprint density at radius 3 is 2.56 bits per heavy atom. The number of aromatic nitrogens is 2. The van der Waals surface area contributed by atoms with Crippen LogP contribution >= 0.6 is 23.1 Å². The molecule has 0 aliphatic carbocycles. The van der Waals surface area contributed by atoms with E-state index in [1.54, 1.807) is 24.3 Å². The molecule has 0 fully saturated rings. The average molecular weight is 494 g/mol. The van der Waals surface area contributed by atoms with Crippen molar-refractivity contribution in [3.05, 3.63) is 75.4 Å². The molecule has 0 spiro atoms. The summed E-state index contributed by atoms with van der Waals surface area (Å²) in [6.45, 7) is 4.27. The first-order valence-electron chi connectivity index (χ1n) is 10.7. The zero-order chi connectivity index (χ0) is 24.1. The Hall–Kier alpha value is -3.43. The standard InChI is InChI=1S/C25H23N3O4S2/c1-3-13-32-24(31)17-9-11-18(12-10-17)26-19(29)14-33-25-27-22(30)21-20(15(2)34-23(21)28-25)16-7-5-4-6-8-16/h4-12H,3,13-14H2,1-2H3,(H,26,29)(H,27,28,30). The number of hydrogen-bond acceptors (Lipinski definition) is 7. The van der Waals surface area contributed by atoms with E-state index in [4.69, 9.17) is 4.74 Å². The number of H-pyrrole nitrogens is 1. The van der Waals surface area contributed by atoms with E-state index in [2.05, 4.69) is 15.3 Å². The summed E-state index contributed by atoms with van der Waals surface area (Å²) in [6, 6.07) is 16.3. The molecule has 0 aliphatic rings. The third kappa shape index (κ3) is 5.37. The maximum absolute atomic E-state index is 12.9. The van der Waals surface area contributed by atoms with Gasteiger partial charge in [0.1, 0.15) is 4.83 Å². The van der Waals surface area contributed by atoms with Crippen molar-refractivity contribution in [3.8, 4) is 11.1 Å². The van der Waals surface area contributed by atoms with E-state index < -0.39 is 0 Å². The SMILES string of the molecule is CCCOC(=O)c1ccc(NC(=O)CSc2nc3sc(C)c(-c4ccccc4)c3c(=O)[nH]2)cc1. The molecule has 7 nitrogen and oxygen atoms in total. The minimum Gasteiger partial charge on any atom is -0.462 e. The molecule has 34 heavy (non-hydrogen) atoms. The van der Waals surface area contributed by atoms with E-state index in [9.17, 15) is 14.4 Å². The van der Waals surface area contributed by atoms with Crippen molar-refractivity contribution in [2.75, 3.05) is 17.7 Å². The molecule has 2 heterocycles. The number of hydrogen-bond donors (Lipinski definition) is 2. The van der Waals surface area contributed by atoms with E-state index >= 15 is 0 Å². The molecule has 0 aliphatic heterocycles. The molecule has 2 N–H and O–H groups in total. The predicted octanol–water partition coefficient (Wildman–Crippen LogP) is 5.26. The van der Waals surface area contributed by atoms with Crippen LogP contribution in [-0.2, 0) is 9.53 Å². The van der Waals surface area contributed by atoms with Crippen molar-refractivity contribution in [2.45, 2.75) is 25.4 Å². The molecule has 4 aromatic rings. The Morgan fingerprint density at radius 2 is 1.85 bits per heavy atom. The fraction of sp³-hybridized carbons (Fsp3) is 0.200. The highest BCUT2D eigenvalue weighted by Crippen LogP contribution is 2.35. The summed E-state index contributed by atoms with van der Waals surface area (Å²) in [5.41, 5.74) is 2.64. The highest BCUT2D eigenvalue weighted by molar-refractivity contribution is 7.99. The van der Waals surface area contributed by atoms with Gasteiger partial charge >= 0.3 is 5.97 Å². The zero-order valence-corrected chi connectivity index (χ0v) is 20.3. The van der Waals surface area contributed by atoms with Crippen molar-refractivity contribution in [2.24, 2.45) is 0 Å². The third-order valence-electron chi connectivity index (χ3n) is 4.96. The number of aryl methyl sites for hydroxylation is 1. The first kappa shape index (κ1) is 23.7. The van der Waals surface area contributed by atoms with Gasteiger partial charge in [-0.1, -0.05) is 49.0 Å². The number of aromatic amines is 1. The third-order valence-corrected chi connectivity index (χ3v) is 6.83. The maximum Gasteiger partial charge on any atom is 0.338 e. The maximum atomic E-state index is 12.9. The summed E-state index contributed by atoms with van der Waals surface area (Å²) in [7, 11) is 0. The molecule has 0 bridgehead atoms. The lowest BCUT2D eigenvalue weighted by molar-refractivity contribution is -0.113. The van der Waals surface area contributed by atoms with Crippen LogP contribution in [0.5, 0.6) is 0 Å². The summed E-state index contributed by atoms with van der Waals surface area (Å²) in [4.78, 5) is 46.2. The lowest BCUT2D eigenvalue weighted by Crippen LogP contribution is -2.15. The van der Waals surface area contributed by atoms with E-state index in [0.717, 1.165) is 34.2 Å². The van der Waals surface area contributed by atoms with Crippen LogP contribution in [0.3, 0.4) is 0 Å². The number of thiophene rings is 1. The molecule has 0 saturated heterocycles. The van der Waals surface area contributed by atoms with Crippen molar-refractivity contribution in [3.63, 3.8) is 0 Å². The van der Waals surface area contributed by atoms with Gasteiger partial charge in [-0.05, 0) is 43.2 Å². The number of carbonyl (C=O) groups excluding carboxylic acids is 2. The van der Waals surface area contributed by atoms with Crippen LogP contribution in [-0.4, -0.2) is 34.2 Å². The Labute approximate surface area is 204 Å². The van der Waals surface area contributed by atoms with E-state index in [-0.39, 0.29) is 23.2 Å². The summed E-state index contributed by atoms with van der Waals surface area (Å²) in [6.07, 6.45) is 0.755. The average Bonchev–Trinajstić information content (AvgIpc) is 3.18. The van der Waals surface area contributed by atoms with Gasteiger partial charge in [-0.25, -0.2) is 9.78 Å². The molecule has 174 valence electrons. The van der Waals surface area contributed by atoms with Gasteiger partial charge in [0.25, 0.3) is 5.56 Å². The van der Waals surface area contributed by atoms with Gasteiger partial charge in [0.15, 0.2) is 5.16 Å². The molecule has 2 aromatic heterocycles. The number of ether oxygens (including phenoxy) is 1. The second-order valence-electron chi connectivity index (χ2n) is 7.50. The Morgan fingerprint density at radius 1 is 1.12 bits per heavy atom. The van der Waals surface area contributed by atoms with Crippen molar-refractivity contribution < 1.29 is 14.3 Å². The number of amides is 1. The van der Waals surface area contributed by atoms with Crippen molar-refractivity contribution in [1.29, 1.82) is 0 Å². The minimum atomic E-state index is -0.389. The van der Waals surface area contributed by atoms with E-state index in [1.807, 2.05) is 44.2 Å². The Balaban J connectivity index is 1.42. The number of carbonyl (C=O) groups is 2. The smallest absolute Gasteiger partial charge is 0.338 e. The molecule has 1 amide bonds. The summed E-state index contributed by atoms with van der Waals surface area (Å²) in [5.74, 6) is -0.564. The first-order valence-corrected chi connectivity index (χ1v) is 12.5. The number of esters is 1. The van der Waals surface area contributed by atoms with Gasteiger partial charge in [0.2, 0.25) is 5.91 Å². The summed E-state index contributed by atoms with van der Waals surface area (Å²) in [5, 5.41) is 3.74. The van der Waals surface area contributed by atoms with E-state index in [0.29, 0.717) is 33.2 Å². The normalized spacial score (nSPS) is 10.9. The van der Waals surface area contributed by atoms with E-state index in [1.165, 1.54) is 11.3 Å². The zero-order valence-electron chi connectivity index (χ0n) is 18.7. The minimum absolute atomic E-state index is 0.0740. The van der Waals surface area contributed by atoms with Crippen molar-refractivity contribution >= 4 is 50.9 Å². The summed E-state index contributed by atoms with van der Waals surface area (Å²) >= 11 is 2.62. The van der Waals surface area contributed by atoms with Crippen LogP contribution in [0.4, 0.5) is 5.69 Å². The molecule has 9 heteroatoms. The van der Waals surface area contributed by atoms with Crippen LogP contribution in [0, 0.1) is 6.92 Å². The van der Waals surface area contributed by atoms with Crippen LogP contribution in [0.2, 0.25) is 0 Å². The largest absolute Gasteiger partial charge is 0.462 e. The Kier molecular flexibility index (Phi) is 7.44. The van der Waals surface area contributed by atoms with Crippen LogP contribution in [0.25, 0.3) is 21.3 Å². The fourth-order valence-electron chi connectivity index (χ4n) is 3.42. The highest BCUT2D eigenvalue weighted by atomic mass is 32.2. The van der Waals surface area contributed by atoms with Gasteiger partial charge in [-0.2, -0.15) is 0 Å². The van der Waals surface area contributed by atoms with Crippen LogP contribution in [0.15, 0.2) is 64.5 Å². The topological polar surface area (TPSA) is 101 Å². The second kappa shape index (κ2) is 10.7. The van der Waals surface area contributed by atoms with Gasteiger partial charge in [0.05, 0.1) is 23.3 Å². The molecule has 2 aromatic carbocycles. The van der Waals surface area contributed by atoms with Crippen molar-refractivity contribution in [1.82, 2.24) is 9.97 Å².